The predicted octanol–water partition coefficient (Wildman–Crippen LogP) is 7.29. The van der Waals surface area contributed by atoms with Gasteiger partial charge < -0.3 is 0 Å². The molecule has 0 N–H and O–H groups in total. The number of halogens is 18. The number of benzene rings is 1. The van der Waals surface area contributed by atoms with Crippen LogP contribution < -0.4 is 0 Å². The largest absolute Gasteiger partial charge is 0.460 e. The molecule has 0 nitrogen and oxygen atoms in total. The van der Waals surface area contributed by atoms with Crippen molar-refractivity contribution in [2.24, 2.45) is 0 Å². The molecule has 0 amide bonds. The summed E-state index contributed by atoms with van der Waals surface area (Å²) in [4.78, 5) is 0. The maximum Gasteiger partial charge on any atom is 0.460 e. The molecule has 0 aliphatic heterocycles. The number of rotatable bonds is 7. The maximum absolute atomic E-state index is 13.8. The van der Waals surface area contributed by atoms with Gasteiger partial charge in [0.25, 0.3) is 0 Å². The molecule has 1 rings (SSSR count). The van der Waals surface area contributed by atoms with Gasteiger partial charge in [-0.05, 0) is 24.3 Å². The second-order valence-electron chi connectivity index (χ2n) is 6.03. The molecule has 0 aliphatic carbocycles. The lowest BCUT2D eigenvalue weighted by Crippen LogP contribution is -2.74. The van der Waals surface area contributed by atoms with Gasteiger partial charge in [-0.3, -0.25) is 0 Å². The standard InChI is InChI=1S/C14H4F18/c15-6-3-1-5(2-4-6)7(16,17)8(18,19)9(20,21)10(22,23)11(24,25)12(26,27)13(28,29)14(30,31)32/h1-4H. The van der Waals surface area contributed by atoms with Crippen LogP contribution in [-0.4, -0.2) is 41.7 Å². The average Bonchev–Trinajstić information content (AvgIpc) is 2.60. The van der Waals surface area contributed by atoms with Gasteiger partial charge in [0.2, 0.25) is 0 Å². The molecule has 0 bridgehead atoms. The molecule has 32 heavy (non-hydrogen) atoms. The molecule has 0 saturated heterocycles. The molecule has 0 spiro atoms. The van der Waals surface area contributed by atoms with Crippen LogP contribution in [0, 0.1) is 5.82 Å². The maximum atomic E-state index is 13.8. The van der Waals surface area contributed by atoms with Crippen molar-refractivity contribution in [3.05, 3.63) is 35.6 Å². The normalized spacial score (nSPS) is 15.8. The Labute approximate surface area is 163 Å². The van der Waals surface area contributed by atoms with E-state index in [2.05, 4.69) is 0 Å². The third kappa shape index (κ3) is 3.43. The molecule has 0 unspecified atom stereocenters. The Kier molecular flexibility index (Phi) is 6.32. The second-order valence-corrected chi connectivity index (χ2v) is 6.03. The fourth-order valence-corrected chi connectivity index (χ4v) is 2.00. The van der Waals surface area contributed by atoms with Crippen LogP contribution in [0.2, 0.25) is 0 Å². The van der Waals surface area contributed by atoms with E-state index in [0.717, 1.165) is 0 Å². The summed E-state index contributed by atoms with van der Waals surface area (Å²) in [6, 6.07) is -1.16. The molecule has 0 aromatic heterocycles. The zero-order valence-electron chi connectivity index (χ0n) is 14.1. The summed E-state index contributed by atoms with van der Waals surface area (Å²) in [5, 5.41) is 0. The van der Waals surface area contributed by atoms with E-state index in [0.29, 0.717) is 0 Å². The molecular weight excluding hydrogens is 510 g/mol. The van der Waals surface area contributed by atoms with Gasteiger partial charge in [0.15, 0.2) is 0 Å². The molecule has 0 atom stereocenters. The van der Waals surface area contributed by atoms with Gasteiger partial charge in [-0.1, -0.05) is 0 Å². The molecule has 0 saturated carbocycles. The van der Waals surface area contributed by atoms with E-state index in [1.54, 1.807) is 0 Å². The molecule has 1 aromatic rings. The Morgan fingerprint density at radius 3 is 0.969 bits per heavy atom. The van der Waals surface area contributed by atoms with Gasteiger partial charge in [0.05, 0.1) is 0 Å². The summed E-state index contributed by atoms with van der Waals surface area (Å²) in [6.45, 7) is 0. The molecular formula is C14H4F18. The highest BCUT2D eigenvalue weighted by atomic mass is 19.4. The topological polar surface area (TPSA) is 0 Å². The van der Waals surface area contributed by atoms with Crippen LogP contribution in [0.1, 0.15) is 5.56 Å². The zero-order chi connectivity index (χ0) is 26.0. The highest BCUT2D eigenvalue weighted by Gasteiger charge is 2.95. The SMILES string of the molecule is Fc1ccc(C(F)(F)C(F)(F)C(F)(F)C(F)(F)C(F)(F)C(F)(F)C(F)(F)C(F)(F)F)cc1. The first-order valence-corrected chi connectivity index (χ1v) is 7.22. The summed E-state index contributed by atoms with van der Waals surface area (Å²) in [5.41, 5.74) is -2.46. The Morgan fingerprint density at radius 2 is 0.656 bits per heavy atom. The van der Waals surface area contributed by atoms with E-state index in [9.17, 15) is 79.0 Å². The van der Waals surface area contributed by atoms with Crippen molar-refractivity contribution in [1.82, 2.24) is 0 Å². The van der Waals surface area contributed by atoms with Crippen LogP contribution in [0.3, 0.4) is 0 Å². The fraction of sp³-hybridized carbons (Fsp3) is 0.571. The number of alkyl halides is 17. The molecule has 0 radical (unpaired) electrons. The third-order valence-electron chi connectivity index (χ3n) is 3.93. The lowest BCUT2D eigenvalue weighted by Gasteiger charge is -2.42. The minimum absolute atomic E-state index is 0.137. The van der Waals surface area contributed by atoms with Crippen LogP contribution in [0.15, 0.2) is 24.3 Å². The monoisotopic (exact) mass is 514 g/mol. The third-order valence-corrected chi connectivity index (χ3v) is 3.93. The molecule has 0 fully saturated rings. The van der Waals surface area contributed by atoms with Crippen LogP contribution in [0.25, 0.3) is 0 Å². The minimum Gasteiger partial charge on any atom is -0.207 e. The van der Waals surface area contributed by atoms with Crippen molar-refractivity contribution in [2.75, 3.05) is 0 Å². The highest BCUT2D eigenvalue weighted by molar-refractivity contribution is 5.26. The number of hydrogen-bond donors (Lipinski definition) is 0. The Hall–Kier alpha value is -2.04. The first kappa shape index (κ1) is 28.0. The Balaban J connectivity index is 3.70. The molecule has 186 valence electrons. The van der Waals surface area contributed by atoms with Crippen molar-refractivity contribution in [2.45, 2.75) is 47.6 Å². The zero-order valence-corrected chi connectivity index (χ0v) is 14.1. The van der Waals surface area contributed by atoms with Crippen molar-refractivity contribution in [3.63, 3.8) is 0 Å². The second kappa shape index (κ2) is 7.23. The molecule has 0 heterocycles. The van der Waals surface area contributed by atoms with Crippen LogP contribution in [0.5, 0.6) is 0 Å². The smallest absolute Gasteiger partial charge is 0.207 e. The molecule has 0 aliphatic rings. The van der Waals surface area contributed by atoms with Gasteiger partial charge in [-0.2, -0.15) is 74.6 Å². The van der Waals surface area contributed by atoms with Crippen LogP contribution in [0.4, 0.5) is 79.0 Å². The van der Waals surface area contributed by atoms with E-state index in [4.69, 9.17) is 0 Å². The highest BCUT2D eigenvalue weighted by Crippen LogP contribution is 2.64. The van der Waals surface area contributed by atoms with Gasteiger partial charge in [-0.15, -0.1) is 0 Å². The summed E-state index contributed by atoms with van der Waals surface area (Å²) in [5.74, 6) is -58.4. The average molecular weight is 514 g/mol. The van der Waals surface area contributed by atoms with Gasteiger partial charge in [-0.25, -0.2) is 4.39 Å². The van der Waals surface area contributed by atoms with Crippen molar-refractivity contribution < 1.29 is 79.0 Å². The predicted molar refractivity (Wildman–Crippen MR) is 66.0 cm³/mol. The van der Waals surface area contributed by atoms with E-state index in [1.165, 1.54) is 0 Å². The number of hydrogen-bond acceptors (Lipinski definition) is 0. The van der Waals surface area contributed by atoms with E-state index in [-0.39, 0.29) is 12.1 Å². The van der Waals surface area contributed by atoms with Crippen LogP contribution in [-0.2, 0) is 5.92 Å². The van der Waals surface area contributed by atoms with Crippen molar-refractivity contribution >= 4 is 0 Å². The van der Waals surface area contributed by atoms with Crippen molar-refractivity contribution in [1.29, 1.82) is 0 Å². The van der Waals surface area contributed by atoms with Gasteiger partial charge >= 0.3 is 47.6 Å². The molecule has 18 heteroatoms. The van der Waals surface area contributed by atoms with Gasteiger partial charge in [0.1, 0.15) is 5.82 Å². The first-order valence-electron chi connectivity index (χ1n) is 7.22. The quantitative estimate of drug-likeness (QED) is 0.336. The van der Waals surface area contributed by atoms with Gasteiger partial charge in [0, 0.05) is 5.56 Å². The summed E-state index contributed by atoms with van der Waals surface area (Å²) >= 11 is 0. The van der Waals surface area contributed by atoms with E-state index in [1.807, 2.05) is 0 Å². The van der Waals surface area contributed by atoms with Crippen LogP contribution >= 0.6 is 0 Å². The van der Waals surface area contributed by atoms with E-state index < -0.39 is 71.1 Å². The van der Waals surface area contributed by atoms with Crippen molar-refractivity contribution in [3.8, 4) is 0 Å². The minimum atomic E-state index is -8.68. The Bertz CT molecular complexity index is 815. The first-order chi connectivity index (χ1) is 13.7. The summed E-state index contributed by atoms with van der Waals surface area (Å²) in [7, 11) is 0. The lowest BCUT2D eigenvalue weighted by molar-refractivity contribution is -0.462. The summed E-state index contributed by atoms with van der Waals surface area (Å²) in [6.07, 6.45) is -7.80. The van der Waals surface area contributed by atoms with E-state index >= 15 is 0 Å². The fourth-order valence-electron chi connectivity index (χ4n) is 2.00. The Morgan fingerprint density at radius 1 is 0.375 bits per heavy atom. The summed E-state index contributed by atoms with van der Waals surface area (Å²) < 4.78 is 235. The lowest BCUT2D eigenvalue weighted by atomic mass is 9.87. The molecule has 1 aromatic carbocycles.